The van der Waals surface area contributed by atoms with Gasteiger partial charge in [-0.05, 0) is 51.5 Å². The topological polar surface area (TPSA) is 94.9 Å². The van der Waals surface area contributed by atoms with Gasteiger partial charge in [0, 0.05) is 45.2 Å². The third-order valence-corrected chi connectivity index (χ3v) is 6.31. The first-order chi connectivity index (χ1) is 15.3. The monoisotopic (exact) mass is 446 g/mol. The summed E-state index contributed by atoms with van der Waals surface area (Å²) in [7, 11) is 0. The number of carbonyl (C=O) groups excluding carboxylic acids is 3. The second-order valence-corrected chi connectivity index (χ2v) is 9.51. The smallest absolute Gasteiger partial charge is 0.257 e. The molecule has 2 fully saturated rings. The molecule has 178 valence electrons. The van der Waals surface area contributed by atoms with Crippen LogP contribution >= 0.6 is 0 Å². The summed E-state index contributed by atoms with van der Waals surface area (Å²) in [4.78, 5) is 42.6. The van der Waals surface area contributed by atoms with Gasteiger partial charge in [-0.1, -0.05) is 13.8 Å². The van der Waals surface area contributed by atoms with E-state index in [-0.39, 0.29) is 35.7 Å². The Morgan fingerprint density at radius 1 is 1.16 bits per heavy atom. The number of aryl methyl sites for hydroxylation is 2. The normalized spacial score (nSPS) is 23.2. The zero-order valence-corrected chi connectivity index (χ0v) is 19.9. The largest absolute Gasteiger partial charge is 0.466 e. The first-order valence-electron chi connectivity index (χ1n) is 11.9. The lowest BCUT2D eigenvalue weighted by molar-refractivity contribution is -0.134. The summed E-state index contributed by atoms with van der Waals surface area (Å²) < 4.78 is 5.57. The maximum atomic E-state index is 13.2. The molecule has 0 aliphatic carbocycles. The molecule has 2 N–H and O–H groups in total. The number of fused-ring (bicyclic) bond motifs is 2. The summed E-state index contributed by atoms with van der Waals surface area (Å²) in [6.07, 6.45) is 3.45. The highest BCUT2D eigenvalue weighted by molar-refractivity contribution is 5.95. The Balaban J connectivity index is 1.75. The van der Waals surface area contributed by atoms with Crippen molar-refractivity contribution >= 4 is 17.7 Å². The summed E-state index contributed by atoms with van der Waals surface area (Å²) in [5.74, 6) is 1.73. The van der Waals surface area contributed by atoms with Gasteiger partial charge in [-0.2, -0.15) is 0 Å². The fraction of sp³-hybridized carbons (Fsp3) is 0.708. The number of carbonyl (C=O) groups is 3. The third kappa shape index (κ3) is 6.12. The molecule has 0 aromatic carbocycles. The summed E-state index contributed by atoms with van der Waals surface area (Å²) >= 11 is 0. The van der Waals surface area contributed by atoms with Crippen molar-refractivity contribution in [3.05, 3.63) is 23.2 Å². The van der Waals surface area contributed by atoms with Crippen molar-refractivity contribution in [1.29, 1.82) is 0 Å². The number of hydrogen-bond acceptors (Lipinski definition) is 5. The van der Waals surface area contributed by atoms with Gasteiger partial charge in [0.25, 0.3) is 5.91 Å². The molecule has 3 rings (SSSR count). The van der Waals surface area contributed by atoms with Crippen LogP contribution in [0.2, 0.25) is 0 Å². The van der Waals surface area contributed by atoms with Crippen LogP contribution in [-0.4, -0.2) is 72.3 Å². The molecule has 2 saturated heterocycles. The van der Waals surface area contributed by atoms with Crippen molar-refractivity contribution in [2.24, 2.45) is 5.92 Å². The highest BCUT2D eigenvalue weighted by Gasteiger charge is 2.35. The van der Waals surface area contributed by atoms with E-state index >= 15 is 0 Å². The standard InChI is InChI=1S/C24H38N4O4/c1-16(2)12-22(29)28-11-7-10-27(24(31)20-13-17(3)32-18(20)4)9-6-5-8-25-23(30)21-14-19(28)15-26-21/h13,16,19,21,26H,5-12,14-15H2,1-4H3,(H,25,30)/t19-,21-/m0/s1. The van der Waals surface area contributed by atoms with Crippen molar-refractivity contribution in [2.75, 3.05) is 32.7 Å². The average Bonchev–Trinajstić information content (AvgIpc) is 3.33. The lowest BCUT2D eigenvalue weighted by Crippen LogP contribution is -2.44. The summed E-state index contributed by atoms with van der Waals surface area (Å²) in [5, 5.41) is 6.30. The fourth-order valence-electron chi connectivity index (χ4n) is 4.65. The Bertz CT molecular complexity index is 819. The van der Waals surface area contributed by atoms with E-state index in [1.54, 1.807) is 6.07 Å². The van der Waals surface area contributed by atoms with Crippen LogP contribution in [0.4, 0.5) is 0 Å². The van der Waals surface area contributed by atoms with Crippen molar-refractivity contribution < 1.29 is 18.8 Å². The van der Waals surface area contributed by atoms with E-state index in [1.807, 2.05) is 37.5 Å². The van der Waals surface area contributed by atoms with Crippen LogP contribution in [0.1, 0.15) is 67.8 Å². The molecule has 1 aromatic rings. The van der Waals surface area contributed by atoms with Crippen molar-refractivity contribution in [1.82, 2.24) is 20.4 Å². The fourth-order valence-corrected chi connectivity index (χ4v) is 4.65. The maximum Gasteiger partial charge on any atom is 0.257 e. The molecule has 0 radical (unpaired) electrons. The van der Waals surface area contributed by atoms with E-state index in [0.717, 1.165) is 18.6 Å². The van der Waals surface area contributed by atoms with Crippen molar-refractivity contribution in [3.8, 4) is 0 Å². The lowest BCUT2D eigenvalue weighted by atomic mass is 10.1. The highest BCUT2D eigenvalue weighted by atomic mass is 16.3. The van der Waals surface area contributed by atoms with Crippen LogP contribution in [0.3, 0.4) is 0 Å². The van der Waals surface area contributed by atoms with Gasteiger partial charge in [-0.3, -0.25) is 14.4 Å². The predicted octanol–water partition coefficient (Wildman–Crippen LogP) is 2.24. The zero-order valence-electron chi connectivity index (χ0n) is 19.9. The van der Waals surface area contributed by atoms with E-state index in [0.29, 0.717) is 63.3 Å². The van der Waals surface area contributed by atoms with Gasteiger partial charge in [-0.15, -0.1) is 0 Å². The number of nitrogens with one attached hydrogen (secondary N) is 2. The zero-order chi connectivity index (χ0) is 23.3. The Labute approximate surface area is 191 Å². The van der Waals surface area contributed by atoms with Crippen LogP contribution in [0.25, 0.3) is 0 Å². The van der Waals surface area contributed by atoms with Crippen LogP contribution in [-0.2, 0) is 9.59 Å². The SMILES string of the molecule is Cc1cc(C(=O)N2CCCCNC(=O)[C@@H]3C[C@@H](CN3)N(C(=O)CC(C)C)CCC2)c(C)o1. The highest BCUT2D eigenvalue weighted by Crippen LogP contribution is 2.20. The van der Waals surface area contributed by atoms with Gasteiger partial charge >= 0.3 is 0 Å². The number of furan rings is 1. The molecule has 1 aromatic heterocycles. The van der Waals surface area contributed by atoms with Gasteiger partial charge in [-0.25, -0.2) is 0 Å². The van der Waals surface area contributed by atoms with Crippen LogP contribution in [0, 0.1) is 19.8 Å². The minimum Gasteiger partial charge on any atom is -0.466 e. The number of nitrogens with zero attached hydrogens (tertiary/aromatic N) is 2. The molecule has 8 nitrogen and oxygen atoms in total. The number of amides is 3. The van der Waals surface area contributed by atoms with Gasteiger partial charge in [0.05, 0.1) is 11.6 Å². The van der Waals surface area contributed by atoms with Crippen LogP contribution in [0.5, 0.6) is 0 Å². The average molecular weight is 447 g/mol. The second-order valence-electron chi connectivity index (χ2n) is 9.51. The summed E-state index contributed by atoms with van der Waals surface area (Å²) in [5.41, 5.74) is 0.604. The number of rotatable bonds is 3. The lowest BCUT2D eigenvalue weighted by Gasteiger charge is -2.31. The molecule has 0 unspecified atom stereocenters. The quantitative estimate of drug-likeness (QED) is 0.743. The van der Waals surface area contributed by atoms with E-state index in [9.17, 15) is 14.4 Å². The Kier molecular flexibility index (Phi) is 8.34. The molecule has 2 bridgehead atoms. The maximum absolute atomic E-state index is 13.2. The summed E-state index contributed by atoms with van der Waals surface area (Å²) in [6, 6.07) is 1.55. The molecule has 8 heteroatoms. The minimum atomic E-state index is -0.248. The molecule has 0 saturated carbocycles. The first-order valence-corrected chi connectivity index (χ1v) is 11.9. The van der Waals surface area contributed by atoms with Crippen LogP contribution in [0.15, 0.2) is 10.5 Å². The molecule has 2 aliphatic rings. The van der Waals surface area contributed by atoms with Crippen molar-refractivity contribution in [2.45, 2.75) is 71.9 Å². The van der Waals surface area contributed by atoms with E-state index in [2.05, 4.69) is 10.6 Å². The van der Waals surface area contributed by atoms with Gasteiger partial charge in [0.2, 0.25) is 11.8 Å². The Hall–Kier alpha value is -2.35. The number of hydrogen-bond donors (Lipinski definition) is 2. The molecular weight excluding hydrogens is 408 g/mol. The first kappa shape index (κ1) is 24.3. The second kappa shape index (κ2) is 11.0. The van der Waals surface area contributed by atoms with Crippen LogP contribution < -0.4 is 10.6 Å². The van der Waals surface area contributed by atoms with E-state index in [4.69, 9.17) is 4.42 Å². The molecule has 3 amide bonds. The molecule has 2 aliphatic heterocycles. The van der Waals surface area contributed by atoms with Gasteiger partial charge in [0.15, 0.2) is 0 Å². The molecule has 2 atom stereocenters. The van der Waals surface area contributed by atoms with Gasteiger partial charge in [0.1, 0.15) is 11.5 Å². The Morgan fingerprint density at radius 2 is 1.91 bits per heavy atom. The Morgan fingerprint density at radius 3 is 2.59 bits per heavy atom. The van der Waals surface area contributed by atoms with Gasteiger partial charge < -0.3 is 24.9 Å². The molecule has 3 heterocycles. The van der Waals surface area contributed by atoms with Crippen molar-refractivity contribution in [3.63, 3.8) is 0 Å². The van der Waals surface area contributed by atoms with E-state index < -0.39 is 0 Å². The predicted molar refractivity (Wildman–Crippen MR) is 122 cm³/mol. The molecular formula is C24H38N4O4. The molecule has 32 heavy (non-hydrogen) atoms. The molecule has 0 spiro atoms. The third-order valence-electron chi connectivity index (χ3n) is 6.31. The minimum absolute atomic E-state index is 0.00162. The summed E-state index contributed by atoms with van der Waals surface area (Å²) in [6.45, 7) is 10.7. The van der Waals surface area contributed by atoms with E-state index in [1.165, 1.54) is 0 Å².